The van der Waals surface area contributed by atoms with Crippen LogP contribution in [0.3, 0.4) is 0 Å². The third-order valence-corrected chi connectivity index (χ3v) is 6.32. The van der Waals surface area contributed by atoms with Crippen LogP contribution in [0.15, 0.2) is 0 Å². The zero-order valence-electron chi connectivity index (χ0n) is 16.7. The molecule has 3 fully saturated rings. The molecule has 0 bridgehead atoms. The highest BCUT2D eigenvalue weighted by Crippen LogP contribution is 2.25. The second-order valence-electron chi connectivity index (χ2n) is 8.20. The van der Waals surface area contributed by atoms with Crippen molar-refractivity contribution in [2.45, 2.75) is 111 Å². The predicted molar refractivity (Wildman–Crippen MR) is 113 cm³/mol. The third kappa shape index (κ3) is 12.8. The summed E-state index contributed by atoms with van der Waals surface area (Å²) in [5, 5.41) is 12.0. The molecule has 2 aliphatic carbocycles. The molecular weight excluding hydrogens is 306 g/mol. The molecule has 2 N–H and O–H groups in total. The van der Waals surface area contributed by atoms with Gasteiger partial charge in [0.05, 0.1) is 0 Å². The van der Waals surface area contributed by atoms with Gasteiger partial charge < -0.3 is 10.4 Å². The van der Waals surface area contributed by atoms with Crippen LogP contribution in [0.4, 0.5) is 0 Å². The van der Waals surface area contributed by atoms with Crippen molar-refractivity contribution >= 4 is 0 Å². The maximum Gasteiger partial charge on any atom is 0.0459 e. The lowest BCUT2D eigenvalue weighted by molar-refractivity contribution is 0.190. The van der Waals surface area contributed by atoms with Crippen molar-refractivity contribution in [3.63, 3.8) is 0 Å². The molecular formula is C23H49NO. The summed E-state index contributed by atoms with van der Waals surface area (Å²) in [5.41, 5.74) is 0. The van der Waals surface area contributed by atoms with E-state index in [9.17, 15) is 0 Å². The van der Waals surface area contributed by atoms with Crippen LogP contribution in [0.5, 0.6) is 0 Å². The maximum absolute atomic E-state index is 8.69. The van der Waals surface area contributed by atoms with Gasteiger partial charge in [-0.1, -0.05) is 85.5 Å². The lowest BCUT2D eigenvalue weighted by atomic mass is 9.88. The summed E-state index contributed by atoms with van der Waals surface area (Å²) in [5.74, 6) is 2.75. The minimum atomic E-state index is 0. The number of aliphatic hydroxyl groups excluding tert-OH is 1. The molecule has 1 heterocycles. The quantitative estimate of drug-likeness (QED) is 0.600. The zero-order chi connectivity index (χ0) is 17.5. The van der Waals surface area contributed by atoms with Crippen LogP contribution in [0, 0.1) is 17.8 Å². The van der Waals surface area contributed by atoms with Gasteiger partial charge in [-0.25, -0.2) is 0 Å². The average molecular weight is 356 g/mol. The Labute approximate surface area is 159 Å². The monoisotopic (exact) mass is 355 g/mol. The maximum atomic E-state index is 8.69. The van der Waals surface area contributed by atoms with Gasteiger partial charge in [-0.2, -0.15) is 0 Å². The highest BCUT2D eigenvalue weighted by atomic mass is 16.3. The fraction of sp³-hybridized carbons (Fsp3) is 1.00. The van der Waals surface area contributed by atoms with Crippen molar-refractivity contribution in [1.82, 2.24) is 5.32 Å². The summed E-state index contributed by atoms with van der Waals surface area (Å²) in [6, 6.07) is 0. The van der Waals surface area contributed by atoms with E-state index < -0.39 is 0 Å². The topological polar surface area (TPSA) is 32.3 Å². The van der Waals surface area contributed by atoms with Gasteiger partial charge in [0, 0.05) is 6.61 Å². The van der Waals surface area contributed by atoms with Gasteiger partial charge in [0.15, 0.2) is 0 Å². The number of piperidine rings is 1. The lowest BCUT2D eigenvalue weighted by Crippen LogP contribution is -2.27. The summed E-state index contributed by atoms with van der Waals surface area (Å²) in [7, 11) is 0. The molecule has 1 aliphatic heterocycles. The number of aliphatic hydroxyl groups is 1. The summed E-state index contributed by atoms with van der Waals surface area (Å²) < 4.78 is 0. The molecule has 3 rings (SSSR count). The third-order valence-electron chi connectivity index (χ3n) is 6.32. The first-order valence-corrected chi connectivity index (χ1v) is 11.1. The van der Waals surface area contributed by atoms with Gasteiger partial charge in [0.2, 0.25) is 0 Å². The molecule has 152 valence electrons. The molecule has 2 nitrogen and oxygen atoms in total. The van der Waals surface area contributed by atoms with Crippen molar-refractivity contribution in [3.05, 3.63) is 0 Å². The summed E-state index contributed by atoms with van der Waals surface area (Å²) in [4.78, 5) is 0. The zero-order valence-corrected chi connectivity index (χ0v) is 16.7. The first-order chi connectivity index (χ1) is 11.8. The molecule has 25 heavy (non-hydrogen) atoms. The van der Waals surface area contributed by atoms with E-state index in [0.29, 0.717) is 12.5 Å². The number of rotatable bonds is 3. The van der Waals surface area contributed by atoms with Gasteiger partial charge >= 0.3 is 0 Å². The Bertz CT molecular complexity index is 208. The Balaban J connectivity index is 0.000000339. The van der Waals surface area contributed by atoms with Crippen molar-refractivity contribution in [2.24, 2.45) is 17.8 Å². The largest absolute Gasteiger partial charge is 0.396 e. The minimum absolute atomic E-state index is 0. The van der Waals surface area contributed by atoms with E-state index >= 15 is 0 Å². The molecule has 0 aromatic rings. The molecule has 0 aromatic heterocycles. The van der Waals surface area contributed by atoms with Gasteiger partial charge in [-0.05, 0) is 56.5 Å². The van der Waals surface area contributed by atoms with E-state index in [0.717, 1.165) is 11.8 Å². The van der Waals surface area contributed by atoms with Gasteiger partial charge in [0.25, 0.3) is 0 Å². The molecule has 0 amide bonds. The highest BCUT2D eigenvalue weighted by Gasteiger charge is 2.11. The highest BCUT2D eigenvalue weighted by molar-refractivity contribution is 4.66. The summed E-state index contributed by atoms with van der Waals surface area (Å²) in [6.45, 7) is 7.52. The lowest BCUT2D eigenvalue weighted by Gasteiger charge is -2.20. The Hall–Kier alpha value is -0.0800. The molecule has 0 spiro atoms. The smallest absolute Gasteiger partial charge is 0.0459 e. The molecule has 0 aromatic carbocycles. The van der Waals surface area contributed by atoms with Crippen molar-refractivity contribution in [1.29, 1.82) is 0 Å². The van der Waals surface area contributed by atoms with Crippen LogP contribution < -0.4 is 5.32 Å². The van der Waals surface area contributed by atoms with Crippen molar-refractivity contribution in [3.8, 4) is 0 Å². The Morgan fingerprint density at radius 1 is 0.640 bits per heavy atom. The molecule has 1 saturated heterocycles. The first-order valence-electron chi connectivity index (χ1n) is 11.1. The summed E-state index contributed by atoms with van der Waals surface area (Å²) in [6.07, 6.45) is 19.7. The van der Waals surface area contributed by atoms with E-state index in [4.69, 9.17) is 5.11 Å². The normalized spacial score (nSPS) is 22.7. The van der Waals surface area contributed by atoms with Crippen molar-refractivity contribution in [2.75, 3.05) is 19.7 Å². The number of hydrogen-bond donors (Lipinski definition) is 2. The second kappa shape index (κ2) is 17.3. The van der Waals surface area contributed by atoms with E-state index in [1.807, 2.05) is 0 Å². The molecule has 2 heteroatoms. The van der Waals surface area contributed by atoms with Crippen molar-refractivity contribution < 1.29 is 5.11 Å². The molecule has 3 aliphatic rings. The minimum Gasteiger partial charge on any atom is -0.396 e. The molecule has 0 unspecified atom stereocenters. The SMILES string of the molecule is C.CCC1CCCCC1.CCC1CCNCC1.OCC1CCCCC1. The fourth-order valence-electron chi connectivity index (χ4n) is 4.26. The second-order valence-corrected chi connectivity index (χ2v) is 8.20. The van der Waals surface area contributed by atoms with Gasteiger partial charge in [-0.15, -0.1) is 0 Å². The van der Waals surface area contributed by atoms with E-state index in [1.165, 1.54) is 103 Å². The van der Waals surface area contributed by atoms with Crippen LogP contribution in [0.1, 0.15) is 111 Å². The van der Waals surface area contributed by atoms with Gasteiger partial charge in [-0.3, -0.25) is 0 Å². The number of nitrogens with one attached hydrogen (secondary N) is 1. The molecule has 0 atom stereocenters. The van der Waals surface area contributed by atoms with Gasteiger partial charge in [0.1, 0.15) is 0 Å². The molecule has 0 radical (unpaired) electrons. The average Bonchev–Trinajstić information content (AvgIpc) is 2.71. The standard InChI is InChI=1S/C8H16.C7H15N.C7H14O.CH4/c1-2-8-6-4-3-5-7-8;1-2-7-3-5-8-6-4-7;8-6-7-4-2-1-3-5-7;/h8H,2-7H2,1H3;7-8H,2-6H2,1H3;7-8H,1-6H2;1H4. The Kier molecular flexibility index (Phi) is 17.3. The van der Waals surface area contributed by atoms with E-state index in [1.54, 1.807) is 0 Å². The van der Waals surface area contributed by atoms with E-state index in [2.05, 4.69) is 19.2 Å². The Morgan fingerprint density at radius 3 is 1.32 bits per heavy atom. The van der Waals surface area contributed by atoms with Crippen LogP contribution >= 0.6 is 0 Å². The molecule has 2 saturated carbocycles. The summed E-state index contributed by atoms with van der Waals surface area (Å²) >= 11 is 0. The van der Waals surface area contributed by atoms with Crippen LogP contribution in [0.2, 0.25) is 0 Å². The first kappa shape index (κ1) is 24.9. The van der Waals surface area contributed by atoms with Crippen LogP contribution in [-0.4, -0.2) is 24.8 Å². The fourth-order valence-corrected chi connectivity index (χ4v) is 4.26. The predicted octanol–water partition coefficient (Wildman–Crippen LogP) is 6.57. The Morgan fingerprint density at radius 2 is 1.04 bits per heavy atom. The van der Waals surface area contributed by atoms with Crippen LogP contribution in [0.25, 0.3) is 0 Å². The number of hydrogen-bond acceptors (Lipinski definition) is 2. The van der Waals surface area contributed by atoms with Crippen LogP contribution in [-0.2, 0) is 0 Å². The van der Waals surface area contributed by atoms with E-state index in [-0.39, 0.29) is 7.43 Å².